The smallest absolute Gasteiger partial charge is 0.157 e. The van der Waals surface area contributed by atoms with E-state index in [9.17, 15) is 4.79 Å². The summed E-state index contributed by atoms with van der Waals surface area (Å²) in [5.74, 6) is 1.01. The van der Waals surface area contributed by atoms with E-state index in [0.29, 0.717) is 0 Å². The van der Waals surface area contributed by atoms with Gasteiger partial charge < -0.3 is 4.90 Å². The fourth-order valence-electron chi connectivity index (χ4n) is 0.576. The summed E-state index contributed by atoms with van der Waals surface area (Å²) in [4.78, 5) is 13.1. The van der Waals surface area contributed by atoms with Crippen LogP contribution in [-0.2, 0) is 4.79 Å². The molecule has 0 atom stereocenters. The highest BCUT2D eigenvalue weighted by Crippen LogP contribution is 2.13. The molecule has 0 aliphatic carbocycles. The highest BCUT2D eigenvalue weighted by Gasteiger charge is 1.94. The maximum absolute atomic E-state index is 10.4. The molecule has 0 aliphatic rings. The van der Waals surface area contributed by atoms with Gasteiger partial charge in [0.05, 0.1) is 4.91 Å². The van der Waals surface area contributed by atoms with E-state index < -0.39 is 0 Å². The Morgan fingerprint density at radius 3 is 2.55 bits per heavy atom. The third kappa shape index (κ3) is 5.98. The van der Waals surface area contributed by atoms with Crippen molar-refractivity contribution in [2.24, 2.45) is 0 Å². The van der Waals surface area contributed by atoms with Crippen LogP contribution in [0.3, 0.4) is 0 Å². The number of hydrogen-bond donors (Lipinski definition) is 0. The third-order valence-electron chi connectivity index (χ3n) is 0.974. The Morgan fingerprint density at radius 1 is 1.55 bits per heavy atom. The molecular weight excluding hydrogens is 158 g/mol. The topological polar surface area (TPSA) is 20.3 Å². The van der Waals surface area contributed by atoms with Crippen molar-refractivity contribution in [1.82, 2.24) is 4.90 Å². The number of allylic oxidation sites excluding steroid dienone is 1. The molecule has 0 saturated carbocycles. The Labute approximate surface area is 72.6 Å². The van der Waals surface area contributed by atoms with Crippen molar-refractivity contribution in [1.29, 1.82) is 0 Å². The van der Waals surface area contributed by atoms with Gasteiger partial charge in [0, 0.05) is 20.3 Å². The van der Waals surface area contributed by atoms with Crippen molar-refractivity contribution in [3.63, 3.8) is 0 Å². The summed E-state index contributed by atoms with van der Waals surface area (Å²) in [5.41, 5.74) is 0. The maximum atomic E-state index is 10.4. The van der Waals surface area contributed by atoms with E-state index in [-0.39, 0.29) is 0 Å². The molecule has 0 heterocycles. The predicted octanol–water partition coefficient (Wildman–Crippen LogP) is 1.73. The van der Waals surface area contributed by atoms with Gasteiger partial charge in [-0.15, -0.1) is 11.8 Å². The Bertz CT molecular complexity index is 143. The number of carbonyl (C=O) groups is 1. The van der Waals surface area contributed by atoms with Crippen molar-refractivity contribution >= 4 is 18.0 Å². The van der Waals surface area contributed by atoms with Gasteiger partial charge in [0.15, 0.2) is 6.29 Å². The lowest BCUT2D eigenvalue weighted by molar-refractivity contribution is -0.104. The van der Waals surface area contributed by atoms with Gasteiger partial charge in [-0.25, -0.2) is 0 Å². The van der Waals surface area contributed by atoms with Crippen LogP contribution >= 0.6 is 11.8 Å². The van der Waals surface area contributed by atoms with E-state index in [0.717, 1.165) is 23.4 Å². The first-order chi connectivity index (χ1) is 5.20. The van der Waals surface area contributed by atoms with E-state index in [1.807, 2.05) is 25.2 Å². The first kappa shape index (κ1) is 10.6. The van der Waals surface area contributed by atoms with Crippen LogP contribution in [0.4, 0.5) is 0 Å². The van der Waals surface area contributed by atoms with Gasteiger partial charge in [-0.1, -0.05) is 6.92 Å². The molecule has 3 heteroatoms. The molecule has 0 saturated heterocycles. The van der Waals surface area contributed by atoms with Crippen LogP contribution in [0.25, 0.3) is 0 Å². The summed E-state index contributed by atoms with van der Waals surface area (Å²) in [6.45, 7) is 2.10. The van der Waals surface area contributed by atoms with Crippen LogP contribution in [-0.4, -0.2) is 31.0 Å². The number of hydrogen-bond acceptors (Lipinski definition) is 3. The Morgan fingerprint density at radius 2 is 2.18 bits per heavy atom. The van der Waals surface area contributed by atoms with Crippen molar-refractivity contribution in [2.75, 3.05) is 19.8 Å². The number of aldehydes is 1. The summed E-state index contributed by atoms with van der Waals surface area (Å²) < 4.78 is 0. The van der Waals surface area contributed by atoms with Crippen LogP contribution in [0.5, 0.6) is 0 Å². The van der Waals surface area contributed by atoms with E-state index in [1.54, 1.807) is 11.8 Å². The zero-order valence-corrected chi connectivity index (χ0v) is 8.15. The molecule has 0 aromatic carbocycles. The quantitative estimate of drug-likeness (QED) is 0.466. The summed E-state index contributed by atoms with van der Waals surface area (Å²) in [6, 6.07) is 0. The molecule has 0 aromatic rings. The average Bonchev–Trinajstić information content (AvgIpc) is 1.97. The summed E-state index contributed by atoms with van der Waals surface area (Å²) in [5, 5.41) is 0. The first-order valence-electron chi connectivity index (χ1n) is 3.67. The molecule has 0 N–H and O–H groups in total. The second-order valence-corrected chi connectivity index (χ2v) is 3.63. The standard InChI is InChI=1S/C8H15NOS/c1-4-5-11-8(7-10)6-9(2)3/h6-7H,4-5H2,1-3H3/b8-6-. The van der Waals surface area contributed by atoms with Crippen LogP contribution in [0, 0.1) is 0 Å². The Kier molecular flexibility index (Phi) is 6.03. The lowest BCUT2D eigenvalue weighted by atomic mass is 10.6. The van der Waals surface area contributed by atoms with Gasteiger partial charge in [0.1, 0.15) is 0 Å². The largest absolute Gasteiger partial charge is 0.382 e. The highest BCUT2D eigenvalue weighted by atomic mass is 32.2. The molecule has 0 fully saturated rings. The minimum absolute atomic E-state index is 0.803. The van der Waals surface area contributed by atoms with E-state index in [2.05, 4.69) is 6.92 Å². The molecule has 11 heavy (non-hydrogen) atoms. The van der Waals surface area contributed by atoms with Gasteiger partial charge >= 0.3 is 0 Å². The molecule has 0 spiro atoms. The lowest BCUT2D eigenvalue weighted by Crippen LogP contribution is -2.02. The molecule has 0 amide bonds. The van der Waals surface area contributed by atoms with E-state index >= 15 is 0 Å². The molecule has 0 aromatic heterocycles. The summed E-state index contributed by atoms with van der Waals surface area (Å²) in [6.07, 6.45) is 3.84. The van der Waals surface area contributed by atoms with Crippen LogP contribution in [0.15, 0.2) is 11.1 Å². The van der Waals surface area contributed by atoms with Crippen molar-refractivity contribution < 1.29 is 4.79 Å². The molecule has 2 nitrogen and oxygen atoms in total. The molecule has 0 unspecified atom stereocenters. The fourth-order valence-corrected chi connectivity index (χ4v) is 1.37. The van der Waals surface area contributed by atoms with Gasteiger partial charge in [0.25, 0.3) is 0 Å². The van der Waals surface area contributed by atoms with Crippen LogP contribution in [0.2, 0.25) is 0 Å². The van der Waals surface area contributed by atoms with Crippen molar-refractivity contribution in [3.05, 3.63) is 11.1 Å². The number of carbonyl (C=O) groups excluding carboxylic acids is 1. The normalized spacial score (nSPS) is 11.4. The molecule has 0 aliphatic heterocycles. The lowest BCUT2D eigenvalue weighted by Gasteiger charge is -2.05. The fraction of sp³-hybridized carbons (Fsp3) is 0.625. The first-order valence-corrected chi connectivity index (χ1v) is 4.65. The highest BCUT2D eigenvalue weighted by molar-refractivity contribution is 8.03. The third-order valence-corrected chi connectivity index (χ3v) is 2.12. The minimum atomic E-state index is 0.803. The number of nitrogens with zero attached hydrogens (tertiary/aromatic N) is 1. The van der Waals surface area contributed by atoms with E-state index in [4.69, 9.17) is 0 Å². The molecular formula is C8H15NOS. The van der Waals surface area contributed by atoms with Gasteiger partial charge in [-0.2, -0.15) is 0 Å². The monoisotopic (exact) mass is 173 g/mol. The molecule has 0 bridgehead atoms. The second-order valence-electron chi connectivity index (χ2n) is 2.46. The summed E-state index contributed by atoms with van der Waals surface area (Å²) >= 11 is 1.60. The van der Waals surface area contributed by atoms with Gasteiger partial charge in [-0.05, 0) is 12.2 Å². The Balaban J connectivity index is 3.84. The van der Waals surface area contributed by atoms with Crippen LogP contribution < -0.4 is 0 Å². The summed E-state index contributed by atoms with van der Waals surface area (Å²) in [7, 11) is 3.83. The molecule has 64 valence electrons. The maximum Gasteiger partial charge on any atom is 0.157 e. The van der Waals surface area contributed by atoms with Gasteiger partial charge in [-0.3, -0.25) is 4.79 Å². The minimum Gasteiger partial charge on any atom is -0.382 e. The SMILES string of the molecule is CCCS/C(C=O)=C\N(C)C. The number of thioether (sulfide) groups is 1. The zero-order chi connectivity index (χ0) is 8.69. The molecule has 0 rings (SSSR count). The Hall–Kier alpha value is -0.440. The average molecular weight is 173 g/mol. The predicted molar refractivity (Wildman–Crippen MR) is 50.6 cm³/mol. The van der Waals surface area contributed by atoms with Crippen LogP contribution in [0.1, 0.15) is 13.3 Å². The molecule has 0 radical (unpaired) electrons. The second kappa shape index (κ2) is 6.28. The van der Waals surface area contributed by atoms with Crippen molar-refractivity contribution in [2.45, 2.75) is 13.3 Å². The van der Waals surface area contributed by atoms with E-state index in [1.165, 1.54) is 0 Å². The van der Waals surface area contributed by atoms with Crippen molar-refractivity contribution in [3.8, 4) is 0 Å². The van der Waals surface area contributed by atoms with Gasteiger partial charge in [0.2, 0.25) is 0 Å². The number of rotatable bonds is 5. The zero-order valence-electron chi connectivity index (χ0n) is 7.33.